The lowest BCUT2D eigenvalue weighted by atomic mass is 10.2. The Labute approximate surface area is 220 Å². The van der Waals surface area contributed by atoms with Crippen molar-refractivity contribution in [2.75, 3.05) is 18.5 Å². The minimum Gasteiger partial charge on any atom is -0.462 e. The van der Waals surface area contributed by atoms with Gasteiger partial charge in [0.15, 0.2) is 0 Å². The van der Waals surface area contributed by atoms with E-state index in [0.717, 1.165) is 4.90 Å². The zero-order valence-corrected chi connectivity index (χ0v) is 21.0. The van der Waals surface area contributed by atoms with Crippen molar-refractivity contribution in [3.8, 4) is 11.3 Å². The number of hydrogen-bond donors (Lipinski definition) is 1. The number of anilines is 1. The van der Waals surface area contributed by atoms with Crippen LogP contribution in [0.1, 0.15) is 29.5 Å². The molecule has 37 heavy (non-hydrogen) atoms. The second-order valence-corrected chi connectivity index (χ2v) is 9.26. The predicted molar refractivity (Wildman–Crippen MR) is 137 cm³/mol. The van der Waals surface area contributed by atoms with Crippen molar-refractivity contribution in [2.45, 2.75) is 13.3 Å². The maximum Gasteiger partial charge on any atom is 0.339 e. The number of imide groups is 1. The molecule has 0 unspecified atom stereocenters. The minimum absolute atomic E-state index is 0.0838. The van der Waals surface area contributed by atoms with E-state index >= 15 is 0 Å². The summed E-state index contributed by atoms with van der Waals surface area (Å²) in [4.78, 5) is 50.8. The van der Waals surface area contributed by atoms with Gasteiger partial charge in [0.25, 0.3) is 11.1 Å². The van der Waals surface area contributed by atoms with Gasteiger partial charge in [0, 0.05) is 17.3 Å². The first-order valence-electron chi connectivity index (χ1n) is 11.1. The molecule has 2 heterocycles. The van der Waals surface area contributed by atoms with E-state index in [1.165, 1.54) is 36.4 Å². The third kappa shape index (κ3) is 6.28. The first kappa shape index (κ1) is 26.2. The Kier molecular flexibility index (Phi) is 8.10. The van der Waals surface area contributed by atoms with E-state index in [9.17, 15) is 23.6 Å². The molecule has 1 aromatic heterocycles. The van der Waals surface area contributed by atoms with Gasteiger partial charge in [0.2, 0.25) is 5.91 Å². The maximum absolute atomic E-state index is 13.1. The molecule has 0 saturated carbocycles. The normalized spacial score (nSPS) is 14.4. The van der Waals surface area contributed by atoms with Crippen molar-refractivity contribution in [3.05, 3.63) is 81.7 Å². The van der Waals surface area contributed by atoms with E-state index < -0.39 is 29.6 Å². The SMILES string of the molecule is CCCOC(=O)c1cc(NC(=O)CN2C(=O)S/C(=C\c3ccc(-c4ccc(F)cc4)o3)C2=O)ccc1Cl. The number of rotatable bonds is 8. The molecule has 1 fully saturated rings. The lowest BCUT2D eigenvalue weighted by Crippen LogP contribution is -2.36. The van der Waals surface area contributed by atoms with Gasteiger partial charge < -0.3 is 14.5 Å². The third-order valence-electron chi connectivity index (χ3n) is 5.11. The molecule has 190 valence electrons. The number of ether oxygens (including phenoxy) is 1. The summed E-state index contributed by atoms with van der Waals surface area (Å²) in [6.07, 6.45) is 2.05. The van der Waals surface area contributed by atoms with Crippen molar-refractivity contribution in [3.63, 3.8) is 0 Å². The molecule has 1 aliphatic rings. The monoisotopic (exact) mass is 542 g/mol. The van der Waals surface area contributed by atoms with Gasteiger partial charge in [0.1, 0.15) is 23.9 Å². The predicted octanol–water partition coefficient (Wildman–Crippen LogP) is 5.98. The molecular formula is C26H20ClFN2O6S. The lowest BCUT2D eigenvalue weighted by molar-refractivity contribution is -0.127. The number of esters is 1. The lowest BCUT2D eigenvalue weighted by Gasteiger charge is -2.13. The quantitative estimate of drug-likeness (QED) is 0.275. The van der Waals surface area contributed by atoms with Gasteiger partial charge in [-0.3, -0.25) is 19.3 Å². The number of thioether (sulfide) groups is 1. The number of halogens is 2. The third-order valence-corrected chi connectivity index (χ3v) is 6.35. The molecule has 0 spiro atoms. The number of carbonyl (C=O) groups excluding carboxylic acids is 4. The number of nitrogens with one attached hydrogen (secondary N) is 1. The van der Waals surface area contributed by atoms with Crippen LogP contribution in [-0.2, 0) is 14.3 Å². The molecule has 4 rings (SSSR count). The van der Waals surface area contributed by atoms with E-state index in [2.05, 4.69) is 5.32 Å². The van der Waals surface area contributed by atoms with Crippen LogP contribution in [-0.4, -0.2) is 41.1 Å². The van der Waals surface area contributed by atoms with Crippen LogP contribution in [0.5, 0.6) is 0 Å². The highest BCUT2D eigenvalue weighted by molar-refractivity contribution is 8.18. The van der Waals surface area contributed by atoms with Crippen LogP contribution >= 0.6 is 23.4 Å². The van der Waals surface area contributed by atoms with Gasteiger partial charge in [-0.05, 0) is 72.8 Å². The number of carbonyl (C=O) groups is 4. The van der Waals surface area contributed by atoms with Gasteiger partial charge in [-0.25, -0.2) is 9.18 Å². The summed E-state index contributed by atoms with van der Waals surface area (Å²) >= 11 is 6.74. The van der Waals surface area contributed by atoms with Gasteiger partial charge in [-0.2, -0.15) is 0 Å². The first-order chi connectivity index (χ1) is 17.7. The zero-order valence-electron chi connectivity index (χ0n) is 19.5. The second-order valence-electron chi connectivity index (χ2n) is 7.86. The van der Waals surface area contributed by atoms with Crippen LogP contribution in [0.2, 0.25) is 5.02 Å². The number of benzene rings is 2. The van der Waals surface area contributed by atoms with E-state index in [1.807, 2.05) is 6.92 Å². The Morgan fingerprint density at radius 2 is 1.89 bits per heavy atom. The van der Waals surface area contributed by atoms with Crippen molar-refractivity contribution in [1.82, 2.24) is 4.90 Å². The van der Waals surface area contributed by atoms with Gasteiger partial charge in [0.05, 0.1) is 22.1 Å². The van der Waals surface area contributed by atoms with Crippen LogP contribution < -0.4 is 5.32 Å². The van der Waals surface area contributed by atoms with Crippen molar-refractivity contribution >= 4 is 58.1 Å². The standard InChI is InChI=1S/C26H20ClFN2O6S/c1-2-11-35-25(33)19-12-17(7-9-20(19)27)29-23(31)14-30-24(32)22(37-26(30)34)13-18-8-10-21(36-18)15-3-5-16(28)6-4-15/h3-10,12-13H,2,11,14H2,1H3,(H,29,31)/b22-13-. The largest absolute Gasteiger partial charge is 0.462 e. The van der Waals surface area contributed by atoms with Crippen LogP contribution in [0.25, 0.3) is 17.4 Å². The van der Waals surface area contributed by atoms with Crippen LogP contribution in [0.3, 0.4) is 0 Å². The maximum atomic E-state index is 13.1. The number of nitrogens with zero attached hydrogens (tertiary/aromatic N) is 1. The first-order valence-corrected chi connectivity index (χ1v) is 12.3. The molecule has 2 aromatic carbocycles. The minimum atomic E-state index is -0.648. The average Bonchev–Trinajstić information content (AvgIpc) is 3.44. The van der Waals surface area contributed by atoms with E-state index in [4.69, 9.17) is 20.8 Å². The fourth-order valence-corrected chi connectivity index (χ4v) is 4.35. The fourth-order valence-electron chi connectivity index (χ4n) is 3.34. The highest BCUT2D eigenvalue weighted by Gasteiger charge is 2.36. The highest BCUT2D eigenvalue weighted by atomic mass is 35.5. The van der Waals surface area contributed by atoms with Crippen molar-refractivity contribution in [2.24, 2.45) is 0 Å². The van der Waals surface area contributed by atoms with Crippen molar-refractivity contribution in [1.29, 1.82) is 0 Å². The Hall–Kier alpha value is -3.89. The molecule has 0 aliphatic carbocycles. The average molecular weight is 543 g/mol. The fraction of sp³-hybridized carbons (Fsp3) is 0.154. The molecule has 1 saturated heterocycles. The highest BCUT2D eigenvalue weighted by Crippen LogP contribution is 2.33. The van der Waals surface area contributed by atoms with Crippen LogP contribution in [0.4, 0.5) is 14.9 Å². The number of furan rings is 1. The number of amides is 3. The second kappa shape index (κ2) is 11.4. The van der Waals surface area contributed by atoms with Crippen molar-refractivity contribution < 1.29 is 32.7 Å². The Morgan fingerprint density at radius 1 is 1.14 bits per heavy atom. The topological polar surface area (TPSA) is 106 Å². The smallest absolute Gasteiger partial charge is 0.339 e. The van der Waals surface area contributed by atoms with E-state index in [-0.39, 0.29) is 33.6 Å². The van der Waals surface area contributed by atoms with Gasteiger partial charge in [-0.15, -0.1) is 0 Å². The Morgan fingerprint density at radius 3 is 2.62 bits per heavy atom. The Balaban J connectivity index is 1.41. The summed E-state index contributed by atoms with van der Waals surface area (Å²) in [7, 11) is 0. The molecule has 0 radical (unpaired) electrons. The van der Waals surface area contributed by atoms with E-state index in [0.29, 0.717) is 35.3 Å². The van der Waals surface area contributed by atoms with Crippen LogP contribution in [0.15, 0.2) is 63.9 Å². The van der Waals surface area contributed by atoms with Gasteiger partial charge in [-0.1, -0.05) is 18.5 Å². The van der Waals surface area contributed by atoms with E-state index in [1.54, 1.807) is 24.3 Å². The summed E-state index contributed by atoms with van der Waals surface area (Å²) in [6.45, 7) is 1.55. The zero-order chi connectivity index (χ0) is 26.5. The molecule has 0 bridgehead atoms. The summed E-state index contributed by atoms with van der Waals surface area (Å²) in [5.41, 5.74) is 0.986. The molecule has 3 aromatic rings. The molecule has 8 nitrogen and oxygen atoms in total. The summed E-state index contributed by atoms with van der Waals surface area (Å²) < 4.78 is 23.9. The summed E-state index contributed by atoms with van der Waals surface area (Å²) in [5, 5.41) is 2.10. The van der Waals surface area contributed by atoms with Crippen LogP contribution in [0, 0.1) is 5.82 Å². The number of hydrogen-bond acceptors (Lipinski definition) is 7. The molecule has 0 atom stereocenters. The summed E-state index contributed by atoms with van der Waals surface area (Å²) in [6, 6.07) is 13.3. The molecule has 11 heteroatoms. The molecule has 1 N–H and O–H groups in total. The Bertz CT molecular complexity index is 1400. The molecule has 3 amide bonds. The molecular weight excluding hydrogens is 523 g/mol. The molecule has 1 aliphatic heterocycles. The summed E-state index contributed by atoms with van der Waals surface area (Å²) in [5.74, 6) is -1.51. The van der Waals surface area contributed by atoms with Gasteiger partial charge >= 0.3 is 5.97 Å².